The summed E-state index contributed by atoms with van der Waals surface area (Å²) in [5, 5.41) is 2.77. The van der Waals surface area contributed by atoms with Crippen LogP contribution in [0.5, 0.6) is 0 Å². The maximum absolute atomic E-state index is 11.7. The van der Waals surface area contributed by atoms with Gasteiger partial charge in [0.05, 0.1) is 6.61 Å². The zero-order valence-electron chi connectivity index (χ0n) is 11.7. The molecule has 18 heavy (non-hydrogen) atoms. The molecule has 0 unspecified atom stereocenters. The van der Waals surface area contributed by atoms with Gasteiger partial charge in [0.15, 0.2) is 0 Å². The molecule has 1 aromatic carbocycles. The molecule has 1 aromatic rings. The largest absolute Gasteiger partial charge is 0.383 e. The van der Waals surface area contributed by atoms with Crippen LogP contribution < -0.4 is 11.1 Å². The minimum Gasteiger partial charge on any atom is -0.383 e. The number of amides is 1. The molecule has 0 aliphatic carbocycles. The lowest BCUT2D eigenvalue weighted by Crippen LogP contribution is -2.27. The van der Waals surface area contributed by atoms with Crippen LogP contribution in [0.2, 0.25) is 0 Å². The third kappa shape index (κ3) is 5.29. The lowest BCUT2D eigenvalue weighted by atomic mass is 10.0. The molecule has 0 radical (unpaired) electrons. The van der Waals surface area contributed by atoms with E-state index in [0.29, 0.717) is 25.3 Å². The molecule has 102 valence electrons. The van der Waals surface area contributed by atoms with E-state index in [9.17, 15) is 4.79 Å². The number of rotatable bonds is 5. The quantitative estimate of drug-likeness (QED) is 0.786. The van der Waals surface area contributed by atoms with Crippen LogP contribution >= 0.6 is 0 Å². The Labute approximate surface area is 110 Å². The van der Waals surface area contributed by atoms with Crippen molar-refractivity contribution in [2.24, 2.45) is 5.73 Å². The third-order valence-corrected chi connectivity index (χ3v) is 2.42. The first kappa shape index (κ1) is 16.6. The Kier molecular flexibility index (Phi) is 8.88. The van der Waals surface area contributed by atoms with Gasteiger partial charge in [-0.25, -0.2) is 0 Å². The molecule has 0 heterocycles. The number of carbonyl (C=O) groups excluding carboxylic acids is 1. The summed E-state index contributed by atoms with van der Waals surface area (Å²) in [6.45, 7) is 7.49. The second-order valence-electron chi connectivity index (χ2n) is 3.59. The van der Waals surface area contributed by atoms with Crippen LogP contribution in [-0.2, 0) is 11.3 Å². The van der Waals surface area contributed by atoms with E-state index in [1.54, 1.807) is 13.2 Å². The Morgan fingerprint density at radius 1 is 1.39 bits per heavy atom. The van der Waals surface area contributed by atoms with Crippen molar-refractivity contribution in [2.45, 2.75) is 27.3 Å². The van der Waals surface area contributed by atoms with Gasteiger partial charge in [0.25, 0.3) is 5.91 Å². The number of methoxy groups -OCH3 is 1. The Balaban J connectivity index is 0.00000137. The van der Waals surface area contributed by atoms with Crippen molar-refractivity contribution < 1.29 is 9.53 Å². The molecule has 4 nitrogen and oxygen atoms in total. The molecule has 0 aliphatic heterocycles. The number of nitrogens with one attached hydrogen (secondary N) is 1. The summed E-state index contributed by atoms with van der Waals surface area (Å²) in [5.41, 5.74) is 8.32. The van der Waals surface area contributed by atoms with Crippen LogP contribution in [0, 0.1) is 6.92 Å². The van der Waals surface area contributed by atoms with E-state index in [1.165, 1.54) is 0 Å². The van der Waals surface area contributed by atoms with Gasteiger partial charge in [-0.15, -0.1) is 0 Å². The predicted molar refractivity (Wildman–Crippen MR) is 74.6 cm³/mol. The van der Waals surface area contributed by atoms with Crippen LogP contribution in [0.25, 0.3) is 0 Å². The minimum absolute atomic E-state index is 0.0799. The molecule has 0 saturated heterocycles. The Bertz CT molecular complexity index is 365. The summed E-state index contributed by atoms with van der Waals surface area (Å²) in [6.07, 6.45) is 0. The van der Waals surface area contributed by atoms with Gasteiger partial charge in [0.2, 0.25) is 0 Å². The Hall–Kier alpha value is -1.39. The number of carbonyl (C=O) groups is 1. The second kappa shape index (κ2) is 9.62. The average molecular weight is 252 g/mol. The Morgan fingerprint density at radius 3 is 2.56 bits per heavy atom. The van der Waals surface area contributed by atoms with Crippen LogP contribution in [0.1, 0.15) is 35.3 Å². The van der Waals surface area contributed by atoms with E-state index in [0.717, 1.165) is 11.1 Å². The second-order valence-corrected chi connectivity index (χ2v) is 3.59. The molecule has 0 aromatic heterocycles. The van der Waals surface area contributed by atoms with Gasteiger partial charge in [-0.1, -0.05) is 19.9 Å². The summed E-state index contributed by atoms with van der Waals surface area (Å²) in [6, 6.07) is 5.53. The van der Waals surface area contributed by atoms with Crippen LogP contribution in [0.15, 0.2) is 18.2 Å². The monoisotopic (exact) mass is 252 g/mol. The molecule has 0 spiro atoms. The van der Waals surface area contributed by atoms with Crippen molar-refractivity contribution in [1.82, 2.24) is 5.32 Å². The first-order valence-corrected chi connectivity index (χ1v) is 6.25. The van der Waals surface area contributed by atoms with E-state index < -0.39 is 0 Å². The van der Waals surface area contributed by atoms with Crippen LogP contribution in [0.3, 0.4) is 0 Å². The molecular weight excluding hydrogens is 228 g/mol. The summed E-state index contributed by atoms with van der Waals surface area (Å²) in [4.78, 5) is 11.7. The van der Waals surface area contributed by atoms with Gasteiger partial charge in [0, 0.05) is 25.8 Å². The number of ether oxygens (including phenoxy) is 1. The summed E-state index contributed by atoms with van der Waals surface area (Å²) >= 11 is 0. The molecule has 0 aliphatic rings. The van der Waals surface area contributed by atoms with Gasteiger partial charge in [0.1, 0.15) is 0 Å². The van der Waals surface area contributed by atoms with Crippen molar-refractivity contribution in [3.63, 3.8) is 0 Å². The van der Waals surface area contributed by atoms with Crippen molar-refractivity contribution in [3.8, 4) is 0 Å². The normalized spacial score (nSPS) is 9.39. The molecule has 0 fully saturated rings. The molecule has 1 rings (SSSR count). The minimum atomic E-state index is -0.0799. The van der Waals surface area contributed by atoms with E-state index in [1.807, 2.05) is 32.9 Å². The smallest absolute Gasteiger partial charge is 0.251 e. The summed E-state index contributed by atoms with van der Waals surface area (Å²) in [7, 11) is 1.60. The molecule has 0 atom stereocenters. The van der Waals surface area contributed by atoms with E-state index in [2.05, 4.69) is 5.32 Å². The summed E-state index contributed by atoms with van der Waals surface area (Å²) < 4.78 is 4.86. The van der Waals surface area contributed by atoms with Crippen LogP contribution in [-0.4, -0.2) is 26.2 Å². The number of benzene rings is 1. The topological polar surface area (TPSA) is 64.3 Å². The fraction of sp³-hybridized carbons (Fsp3) is 0.500. The maximum atomic E-state index is 11.7. The first-order chi connectivity index (χ1) is 8.69. The molecule has 0 bridgehead atoms. The highest BCUT2D eigenvalue weighted by Crippen LogP contribution is 2.10. The standard InChI is InChI=1S/C12H18N2O2.C2H6/c1-9-7-10(3-4-11(9)8-13)12(15)14-5-6-16-2;1-2/h3-4,7H,5-6,8,13H2,1-2H3,(H,14,15);1-2H3. The maximum Gasteiger partial charge on any atom is 0.251 e. The van der Waals surface area contributed by atoms with E-state index >= 15 is 0 Å². The highest BCUT2D eigenvalue weighted by Gasteiger charge is 2.06. The zero-order chi connectivity index (χ0) is 14.0. The molecule has 4 heteroatoms. The highest BCUT2D eigenvalue weighted by atomic mass is 16.5. The number of hydrogen-bond acceptors (Lipinski definition) is 3. The van der Waals surface area contributed by atoms with Gasteiger partial charge in [-0.2, -0.15) is 0 Å². The molecular formula is C14H24N2O2. The average Bonchev–Trinajstić information content (AvgIpc) is 2.41. The first-order valence-electron chi connectivity index (χ1n) is 6.25. The summed E-state index contributed by atoms with van der Waals surface area (Å²) in [5.74, 6) is -0.0799. The Morgan fingerprint density at radius 2 is 2.06 bits per heavy atom. The lowest BCUT2D eigenvalue weighted by Gasteiger charge is -2.07. The van der Waals surface area contributed by atoms with E-state index in [-0.39, 0.29) is 5.91 Å². The number of nitrogens with two attached hydrogens (primary N) is 1. The molecule has 1 amide bonds. The van der Waals surface area contributed by atoms with Crippen molar-refractivity contribution in [2.75, 3.05) is 20.3 Å². The van der Waals surface area contributed by atoms with Crippen molar-refractivity contribution >= 4 is 5.91 Å². The molecule has 0 saturated carbocycles. The van der Waals surface area contributed by atoms with E-state index in [4.69, 9.17) is 10.5 Å². The third-order valence-electron chi connectivity index (χ3n) is 2.42. The lowest BCUT2D eigenvalue weighted by molar-refractivity contribution is 0.0937. The van der Waals surface area contributed by atoms with Gasteiger partial charge >= 0.3 is 0 Å². The van der Waals surface area contributed by atoms with Crippen molar-refractivity contribution in [1.29, 1.82) is 0 Å². The highest BCUT2D eigenvalue weighted by molar-refractivity contribution is 5.94. The fourth-order valence-electron chi connectivity index (χ4n) is 1.43. The zero-order valence-corrected chi connectivity index (χ0v) is 11.7. The van der Waals surface area contributed by atoms with Crippen LogP contribution in [0.4, 0.5) is 0 Å². The molecule has 3 N–H and O–H groups in total. The SMILES string of the molecule is CC.COCCNC(=O)c1ccc(CN)c(C)c1. The predicted octanol–water partition coefficient (Wildman–Crippen LogP) is 1.86. The van der Waals surface area contributed by atoms with Gasteiger partial charge in [-0.05, 0) is 30.2 Å². The number of hydrogen-bond donors (Lipinski definition) is 2. The van der Waals surface area contributed by atoms with Crippen molar-refractivity contribution in [3.05, 3.63) is 34.9 Å². The fourth-order valence-corrected chi connectivity index (χ4v) is 1.43. The number of aryl methyl sites for hydroxylation is 1. The van der Waals surface area contributed by atoms with Gasteiger partial charge < -0.3 is 15.8 Å². The van der Waals surface area contributed by atoms with Gasteiger partial charge in [-0.3, -0.25) is 4.79 Å².